The van der Waals surface area contributed by atoms with Crippen LogP contribution in [0.25, 0.3) is 0 Å². The van der Waals surface area contributed by atoms with Crippen LogP contribution < -0.4 is 0 Å². The monoisotopic (exact) mass is 824 g/mol. The van der Waals surface area contributed by atoms with Crippen LogP contribution in [0.3, 0.4) is 0 Å². The van der Waals surface area contributed by atoms with Crippen molar-refractivity contribution in [2.24, 2.45) is 0 Å². The van der Waals surface area contributed by atoms with Crippen molar-refractivity contribution in [2.45, 2.75) is 200 Å². The quantitative estimate of drug-likeness (QED) is 0.0278. The van der Waals surface area contributed by atoms with Crippen molar-refractivity contribution in [3.05, 3.63) is 48.6 Å². The number of phosphoric ester groups is 1. The van der Waals surface area contributed by atoms with Gasteiger partial charge in [0.1, 0.15) is 6.61 Å². The summed E-state index contributed by atoms with van der Waals surface area (Å²) in [6, 6.07) is 0. The van der Waals surface area contributed by atoms with E-state index in [1.54, 1.807) is 0 Å². The summed E-state index contributed by atoms with van der Waals surface area (Å²) in [5.41, 5.74) is 0. The van der Waals surface area contributed by atoms with Crippen LogP contribution in [0.5, 0.6) is 0 Å². The summed E-state index contributed by atoms with van der Waals surface area (Å²) < 4.78 is 33.5. The number of phosphoric acid groups is 1. The van der Waals surface area contributed by atoms with Crippen LogP contribution >= 0.6 is 7.82 Å². The smallest absolute Gasteiger partial charge is 0.462 e. The number of likely N-dealkylation sites (N-methyl/N-ethyl adjacent to an activating group) is 1. The maximum atomic E-state index is 12.7. The van der Waals surface area contributed by atoms with Crippen LogP contribution in [-0.4, -0.2) is 68.3 Å². The Labute approximate surface area is 350 Å². The molecule has 0 rings (SSSR count). The first-order valence-corrected chi connectivity index (χ1v) is 24.4. The van der Waals surface area contributed by atoms with E-state index < -0.39 is 32.5 Å². The van der Waals surface area contributed by atoms with E-state index in [9.17, 15) is 19.0 Å². The van der Waals surface area contributed by atoms with E-state index in [0.29, 0.717) is 19.4 Å². The minimum Gasteiger partial charge on any atom is -0.462 e. The van der Waals surface area contributed by atoms with Crippen LogP contribution in [0, 0.1) is 0 Å². The van der Waals surface area contributed by atoms with Gasteiger partial charge in [-0.1, -0.05) is 172 Å². The predicted octanol–water partition coefficient (Wildman–Crippen LogP) is 13.3. The molecule has 0 spiro atoms. The van der Waals surface area contributed by atoms with Gasteiger partial charge in [0.05, 0.1) is 13.2 Å². The molecule has 0 aromatic heterocycles. The molecule has 0 aliphatic rings. The third-order valence-corrected chi connectivity index (χ3v) is 10.6. The first kappa shape index (κ1) is 55.0. The van der Waals surface area contributed by atoms with Crippen LogP contribution in [0.1, 0.15) is 194 Å². The highest BCUT2D eigenvalue weighted by Gasteiger charge is 2.26. The van der Waals surface area contributed by atoms with Gasteiger partial charge < -0.3 is 19.3 Å². The third-order valence-electron chi connectivity index (χ3n) is 9.64. The summed E-state index contributed by atoms with van der Waals surface area (Å²) in [7, 11) is -0.726. The third kappa shape index (κ3) is 43.4. The normalized spacial score (nSPS) is 13.8. The van der Waals surface area contributed by atoms with Gasteiger partial charge in [0, 0.05) is 19.4 Å². The average Bonchev–Trinajstić information content (AvgIpc) is 3.18. The van der Waals surface area contributed by atoms with Crippen molar-refractivity contribution in [1.29, 1.82) is 0 Å². The second-order valence-corrected chi connectivity index (χ2v) is 17.0. The number of allylic oxidation sites excluding steroid dienone is 8. The standard InChI is InChI=1S/C47H86NO8P/c1-5-7-9-11-13-15-17-19-21-22-23-24-26-27-29-31-33-35-37-39-46(49)53-43-45(44-55-57(51,52)54-42-41-48(3)4)56-47(50)40-38-36-34-32-30-28-25-20-18-16-14-12-10-8-6-2/h13,15,19,21,23-24,27,29,45H,5-12,14,16-18,20,22,25-26,28,30-44H2,1-4H3,(H,51,52)/b15-13-,21-19-,24-23-,29-27-. The minimum absolute atomic E-state index is 0.00181. The number of carbonyl (C=O) groups is 2. The summed E-state index contributed by atoms with van der Waals surface area (Å²) in [5, 5.41) is 0. The fourth-order valence-electron chi connectivity index (χ4n) is 6.08. The zero-order valence-electron chi connectivity index (χ0n) is 37.0. The SMILES string of the molecule is CCCCC/C=C\C/C=C\C/C=C\C/C=C\CCCCCC(=O)OCC(COP(=O)(O)OCCN(C)C)OC(=O)CCCCCCCCCCCCCCCCC. The molecule has 0 heterocycles. The maximum absolute atomic E-state index is 12.7. The zero-order valence-corrected chi connectivity index (χ0v) is 37.9. The molecule has 0 bridgehead atoms. The molecule has 332 valence electrons. The number of carbonyl (C=O) groups excluding carboxylic acids is 2. The summed E-state index contributed by atoms with van der Waals surface area (Å²) in [6.07, 6.45) is 47.2. The van der Waals surface area contributed by atoms with Gasteiger partial charge in [-0.15, -0.1) is 0 Å². The summed E-state index contributed by atoms with van der Waals surface area (Å²) >= 11 is 0. The average molecular weight is 824 g/mol. The second-order valence-electron chi connectivity index (χ2n) is 15.6. The van der Waals surface area contributed by atoms with Crippen LogP contribution in [0.4, 0.5) is 0 Å². The van der Waals surface area contributed by atoms with E-state index in [1.807, 2.05) is 19.0 Å². The van der Waals surface area contributed by atoms with Crippen LogP contribution in [-0.2, 0) is 32.7 Å². The van der Waals surface area contributed by atoms with Crippen molar-refractivity contribution in [1.82, 2.24) is 4.90 Å². The van der Waals surface area contributed by atoms with E-state index in [0.717, 1.165) is 51.4 Å². The van der Waals surface area contributed by atoms with Gasteiger partial charge in [-0.3, -0.25) is 18.6 Å². The zero-order chi connectivity index (χ0) is 41.9. The summed E-state index contributed by atoms with van der Waals surface area (Å²) in [4.78, 5) is 37.1. The molecule has 0 aliphatic carbocycles. The largest absolute Gasteiger partial charge is 0.472 e. The molecule has 0 fully saturated rings. The van der Waals surface area contributed by atoms with Crippen molar-refractivity contribution < 1.29 is 37.6 Å². The lowest BCUT2D eigenvalue weighted by atomic mass is 10.0. The van der Waals surface area contributed by atoms with Gasteiger partial charge in [-0.25, -0.2) is 4.57 Å². The molecule has 0 saturated heterocycles. The van der Waals surface area contributed by atoms with Crippen molar-refractivity contribution >= 4 is 19.8 Å². The minimum atomic E-state index is -4.37. The van der Waals surface area contributed by atoms with Crippen LogP contribution in [0.2, 0.25) is 0 Å². The number of ether oxygens (including phenoxy) is 2. The van der Waals surface area contributed by atoms with Gasteiger partial charge in [0.2, 0.25) is 0 Å². The molecule has 0 amide bonds. The number of nitrogens with zero attached hydrogens (tertiary/aromatic N) is 1. The highest BCUT2D eigenvalue weighted by atomic mass is 31.2. The molecule has 1 N–H and O–H groups in total. The van der Waals surface area contributed by atoms with Gasteiger partial charge in [-0.2, -0.15) is 0 Å². The molecule has 2 atom stereocenters. The number of unbranched alkanes of at least 4 members (excludes halogenated alkanes) is 20. The van der Waals surface area contributed by atoms with E-state index in [1.165, 1.54) is 103 Å². The van der Waals surface area contributed by atoms with Crippen molar-refractivity contribution in [3.63, 3.8) is 0 Å². The topological polar surface area (TPSA) is 112 Å². The van der Waals surface area contributed by atoms with Crippen molar-refractivity contribution in [3.8, 4) is 0 Å². The Kier molecular flexibility index (Phi) is 40.6. The summed E-state index contributed by atoms with van der Waals surface area (Å²) in [6.45, 7) is 4.27. The van der Waals surface area contributed by atoms with E-state index in [-0.39, 0.29) is 26.1 Å². The lowest BCUT2D eigenvalue weighted by Crippen LogP contribution is -2.29. The van der Waals surface area contributed by atoms with E-state index in [4.69, 9.17) is 18.5 Å². The molecule has 2 unspecified atom stereocenters. The molecule has 0 aliphatic heterocycles. The number of hydrogen-bond donors (Lipinski definition) is 1. The Bertz CT molecular complexity index is 1090. The maximum Gasteiger partial charge on any atom is 0.472 e. The molecule has 0 radical (unpaired) electrons. The fourth-order valence-corrected chi connectivity index (χ4v) is 6.82. The van der Waals surface area contributed by atoms with Crippen molar-refractivity contribution in [2.75, 3.05) is 40.5 Å². The fraction of sp³-hybridized carbons (Fsp3) is 0.787. The second kappa shape index (κ2) is 42.1. The van der Waals surface area contributed by atoms with Crippen LogP contribution in [0.15, 0.2) is 48.6 Å². The predicted molar refractivity (Wildman–Crippen MR) is 238 cm³/mol. The first-order valence-electron chi connectivity index (χ1n) is 22.9. The Balaban J connectivity index is 4.32. The van der Waals surface area contributed by atoms with Gasteiger partial charge in [-0.05, 0) is 71.9 Å². The van der Waals surface area contributed by atoms with Gasteiger partial charge in [0.15, 0.2) is 6.10 Å². The molecular weight excluding hydrogens is 737 g/mol. The molecule has 0 saturated carbocycles. The van der Waals surface area contributed by atoms with Gasteiger partial charge in [0.25, 0.3) is 0 Å². The number of rotatable bonds is 42. The molecule has 0 aromatic carbocycles. The number of esters is 2. The van der Waals surface area contributed by atoms with E-state index in [2.05, 4.69) is 62.5 Å². The van der Waals surface area contributed by atoms with E-state index >= 15 is 0 Å². The lowest BCUT2D eigenvalue weighted by molar-refractivity contribution is -0.161. The molecule has 9 nitrogen and oxygen atoms in total. The Morgan fingerprint density at radius 1 is 0.544 bits per heavy atom. The molecule has 0 aromatic rings. The highest BCUT2D eigenvalue weighted by Crippen LogP contribution is 2.43. The highest BCUT2D eigenvalue weighted by molar-refractivity contribution is 7.47. The Hall–Kier alpha value is -2.03. The molecule has 57 heavy (non-hydrogen) atoms. The van der Waals surface area contributed by atoms with Gasteiger partial charge >= 0.3 is 19.8 Å². The summed E-state index contributed by atoms with van der Waals surface area (Å²) in [5.74, 6) is -0.835. The lowest BCUT2D eigenvalue weighted by Gasteiger charge is -2.20. The Morgan fingerprint density at radius 3 is 1.44 bits per heavy atom. The Morgan fingerprint density at radius 2 is 0.947 bits per heavy atom. The molecule has 10 heteroatoms. The number of hydrogen-bond acceptors (Lipinski definition) is 8. The molecular formula is C47H86NO8P. The first-order chi connectivity index (χ1) is 27.7.